The molecule has 1 aromatic carbocycles. The molecule has 0 saturated carbocycles. The number of Topliss-reactive ketones (excluding diaryl/α,β-unsaturated/α-hetero) is 1. The van der Waals surface area contributed by atoms with Crippen molar-refractivity contribution in [2.75, 3.05) is 7.11 Å². The Morgan fingerprint density at radius 2 is 1.81 bits per heavy atom. The lowest BCUT2D eigenvalue weighted by Gasteiger charge is -2.13. The van der Waals surface area contributed by atoms with E-state index in [1.165, 1.54) is 12.5 Å². The summed E-state index contributed by atoms with van der Waals surface area (Å²) in [6.45, 7) is 5.44. The van der Waals surface area contributed by atoms with E-state index in [1.54, 1.807) is 31.2 Å². The number of hydrogen-bond acceptors (Lipinski definition) is 7. The molecule has 142 valence electrons. The first-order chi connectivity index (χ1) is 13.0. The van der Waals surface area contributed by atoms with Gasteiger partial charge in [-0.3, -0.25) is 4.79 Å². The standard InChI is InChI=1S/C20H21NO5S/c1-5-7-14(6-2)26-16-10-8-15(9-11-16)25-13(3)18(22)19-21-17(12-27-19)20(23)24-4/h5-13H,1-4H3/b7-5-,14-6+. The van der Waals surface area contributed by atoms with Crippen LogP contribution in [0.3, 0.4) is 0 Å². The SMILES string of the molecule is C/C=C\C(=C/C)Oc1ccc(OC(C)C(=O)c2nc(C(=O)OC)cs2)cc1. The monoisotopic (exact) mass is 387 g/mol. The van der Waals surface area contributed by atoms with Crippen molar-refractivity contribution in [3.63, 3.8) is 0 Å². The predicted molar refractivity (Wildman–Crippen MR) is 104 cm³/mol. The van der Waals surface area contributed by atoms with Gasteiger partial charge in [0.1, 0.15) is 17.3 Å². The van der Waals surface area contributed by atoms with Crippen molar-refractivity contribution in [1.82, 2.24) is 4.98 Å². The zero-order valence-electron chi connectivity index (χ0n) is 15.6. The maximum absolute atomic E-state index is 12.4. The predicted octanol–water partition coefficient (Wildman–Crippen LogP) is 4.44. The molecule has 0 fully saturated rings. The van der Waals surface area contributed by atoms with E-state index in [1.807, 2.05) is 32.1 Å². The molecule has 0 saturated heterocycles. The number of aromatic nitrogens is 1. The number of rotatable bonds is 8. The van der Waals surface area contributed by atoms with Crippen molar-refractivity contribution in [3.8, 4) is 11.5 Å². The van der Waals surface area contributed by atoms with E-state index in [2.05, 4.69) is 9.72 Å². The zero-order valence-corrected chi connectivity index (χ0v) is 16.4. The van der Waals surface area contributed by atoms with Crippen LogP contribution in [0.5, 0.6) is 11.5 Å². The smallest absolute Gasteiger partial charge is 0.357 e. The number of carbonyl (C=O) groups is 2. The van der Waals surface area contributed by atoms with Crippen molar-refractivity contribution >= 4 is 23.1 Å². The van der Waals surface area contributed by atoms with Crippen LogP contribution in [-0.4, -0.2) is 30.0 Å². The summed E-state index contributed by atoms with van der Waals surface area (Å²) in [5, 5.41) is 1.69. The van der Waals surface area contributed by atoms with Gasteiger partial charge in [-0.25, -0.2) is 9.78 Å². The van der Waals surface area contributed by atoms with Gasteiger partial charge in [-0.2, -0.15) is 0 Å². The fourth-order valence-corrected chi connectivity index (χ4v) is 2.90. The largest absolute Gasteiger partial charge is 0.482 e. The molecule has 0 N–H and O–H groups in total. The summed E-state index contributed by atoms with van der Waals surface area (Å²) >= 11 is 1.08. The second-order valence-corrected chi connectivity index (χ2v) is 6.28. The highest BCUT2D eigenvalue weighted by molar-refractivity contribution is 7.12. The van der Waals surface area contributed by atoms with Crippen molar-refractivity contribution in [2.24, 2.45) is 0 Å². The minimum atomic E-state index is -0.748. The summed E-state index contributed by atoms with van der Waals surface area (Å²) in [6.07, 6.45) is 4.87. The molecule has 0 spiro atoms. The van der Waals surface area contributed by atoms with Gasteiger partial charge in [-0.15, -0.1) is 11.3 Å². The van der Waals surface area contributed by atoms with E-state index >= 15 is 0 Å². The minimum Gasteiger partial charge on any atom is -0.482 e. The molecule has 1 aromatic heterocycles. The van der Waals surface area contributed by atoms with Crippen LogP contribution in [0, 0.1) is 0 Å². The number of thiazole rings is 1. The molecular weight excluding hydrogens is 366 g/mol. The van der Waals surface area contributed by atoms with Gasteiger partial charge < -0.3 is 14.2 Å². The highest BCUT2D eigenvalue weighted by atomic mass is 32.1. The van der Waals surface area contributed by atoms with E-state index in [4.69, 9.17) is 9.47 Å². The molecule has 1 atom stereocenters. The maximum Gasteiger partial charge on any atom is 0.357 e. The number of esters is 1. The third-order valence-corrected chi connectivity index (χ3v) is 4.32. The first kappa shape index (κ1) is 20.4. The first-order valence-corrected chi connectivity index (χ1v) is 9.18. The number of nitrogens with zero attached hydrogens (tertiary/aromatic N) is 1. The van der Waals surface area contributed by atoms with Crippen LogP contribution in [0.2, 0.25) is 0 Å². The first-order valence-electron chi connectivity index (χ1n) is 8.30. The van der Waals surface area contributed by atoms with E-state index in [-0.39, 0.29) is 16.5 Å². The average Bonchev–Trinajstić information content (AvgIpc) is 3.17. The van der Waals surface area contributed by atoms with Gasteiger partial charge in [-0.05, 0) is 57.2 Å². The van der Waals surface area contributed by atoms with Gasteiger partial charge in [-0.1, -0.05) is 6.08 Å². The quantitative estimate of drug-likeness (QED) is 0.289. The molecule has 0 radical (unpaired) electrons. The number of benzene rings is 1. The molecule has 0 aliphatic carbocycles. The molecular formula is C20H21NO5S. The Bertz CT molecular complexity index is 852. The molecule has 6 nitrogen and oxygen atoms in total. The number of ether oxygens (including phenoxy) is 3. The van der Waals surface area contributed by atoms with Crippen molar-refractivity contribution < 1.29 is 23.8 Å². The van der Waals surface area contributed by atoms with E-state index in [9.17, 15) is 9.59 Å². The van der Waals surface area contributed by atoms with E-state index in [0.717, 1.165) is 17.1 Å². The second kappa shape index (κ2) is 9.68. The lowest BCUT2D eigenvalue weighted by Crippen LogP contribution is -2.24. The Morgan fingerprint density at radius 3 is 2.41 bits per heavy atom. The molecule has 2 aromatic rings. The zero-order chi connectivity index (χ0) is 19.8. The molecule has 0 bridgehead atoms. The van der Waals surface area contributed by atoms with Crippen LogP contribution in [0.4, 0.5) is 0 Å². The van der Waals surface area contributed by atoms with Crippen molar-refractivity contribution in [3.05, 3.63) is 64.3 Å². The van der Waals surface area contributed by atoms with Gasteiger partial charge in [0.25, 0.3) is 0 Å². The Labute approximate surface area is 162 Å². The Kier molecular flexibility index (Phi) is 7.31. The third kappa shape index (κ3) is 5.52. The second-order valence-electron chi connectivity index (χ2n) is 5.42. The molecule has 7 heteroatoms. The van der Waals surface area contributed by atoms with Crippen LogP contribution in [-0.2, 0) is 4.74 Å². The molecule has 2 rings (SSSR count). The summed E-state index contributed by atoms with van der Waals surface area (Å²) in [5.74, 6) is 1.05. The highest BCUT2D eigenvalue weighted by Gasteiger charge is 2.22. The van der Waals surface area contributed by atoms with Crippen molar-refractivity contribution in [2.45, 2.75) is 26.9 Å². The molecule has 0 amide bonds. The summed E-state index contributed by atoms with van der Waals surface area (Å²) in [5.41, 5.74) is 0.112. The number of allylic oxidation sites excluding steroid dienone is 3. The summed E-state index contributed by atoms with van der Waals surface area (Å²) in [7, 11) is 1.26. The summed E-state index contributed by atoms with van der Waals surface area (Å²) < 4.78 is 16.0. The maximum atomic E-state index is 12.4. The summed E-state index contributed by atoms with van der Waals surface area (Å²) in [4.78, 5) is 27.9. The number of ketones is 1. The normalized spacial score (nSPS) is 12.7. The molecule has 0 aliphatic heterocycles. The molecule has 1 heterocycles. The Hall–Kier alpha value is -2.93. The molecule has 27 heavy (non-hydrogen) atoms. The van der Waals surface area contributed by atoms with Crippen LogP contribution in [0.15, 0.2) is 53.6 Å². The number of carbonyl (C=O) groups excluding carboxylic acids is 2. The lowest BCUT2D eigenvalue weighted by atomic mass is 10.2. The number of hydrogen-bond donors (Lipinski definition) is 0. The summed E-state index contributed by atoms with van der Waals surface area (Å²) in [6, 6.07) is 6.98. The molecule has 0 aliphatic rings. The lowest BCUT2D eigenvalue weighted by molar-refractivity contribution is 0.0594. The van der Waals surface area contributed by atoms with Crippen LogP contribution in [0.25, 0.3) is 0 Å². The minimum absolute atomic E-state index is 0.112. The Balaban J connectivity index is 2.00. The van der Waals surface area contributed by atoms with Gasteiger partial charge in [0.15, 0.2) is 16.8 Å². The Morgan fingerprint density at radius 1 is 1.15 bits per heavy atom. The third-order valence-electron chi connectivity index (χ3n) is 3.47. The van der Waals surface area contributed by atoms with Gasteiger partial charge in [0.2, 0.25) is 5.78 Å². The topological polar surface area (TPSA) is 74.7 Å². The highest BCUT2D eigenvalue weighted by Crippen LogP contribution is 2.22. The average molecular weight is 387 g/mol. The van der Waals surface area contributed by atoms with E-state index in [0.29, 0.717) is 11.5 Å². The fourth-order valence-electron chi connectivity index (χ4n) is 2.09. The van der Waals surface area contributed by atoms with Gasteiger partial charge >= 0.3 is 5.97 Å². The van der Waals surface area contributed by atoms with Crippen LogP contribution < -0.4 is 9.47 Å². The van der Waals surface area contributed by atoms with E-state index < -0.39 is 12.1 Å². The van der Waals surface area contributed by atoms with Gasteiger partial charge in [0, 0.05) is 5.38 Å². The molecule has 1 unspecified atom stereocenters. The van der Waals surface area contributed by atoms with Crippen LogP contribution in [0.1, 0.15) is 41.1 Å². The fraction of sp³-hybridized carbons (Fsp3) is 0.250. The van der Waals surface area contributed by atoms with Crippen LogP contribution >= 0.6 is 11.3 Å². The van der Waals surface area contributed by atoms with Gasteiger partial charge in [0.05, 0.1) is 7.11 Å². The van der Waals surface area contributed by atoms with Crippen molar-refractivity contribution in [1.29, 1.82) is 0 Å². The number of methoxy groups -OCH3 is 1.